The van der Waals surface area contributed by atoms with Crippen LogP contribution in [0.5, 0.6) is 0 Å². The van der Waals surface area contributed by atoms with Gasteiger partial charge in [0, 0.05) is 24.7 Å². The van der Waals surface area contributed by atoms with Crippen molar-refractivity contribution in [3.05, 3.63) is 34.6 Å². The second-order valence-electron chi connectivity index (χ2n) is 5.95. The van der Waals surface area contributed by atoms with Gasteiger partial charge in [-0.1, -0.05) is 17.7 Å². The lowest BCUT2D eigenvalue weighted by Crippen LogP contribution is -2.50. The van der Waals surface area contributed by atoms with E-state index in [0.29, 0.717) is 18.6 Å². The smallest absolute Gasteiger partial charge is 0.258 e. The molecule has 21 heavy (non-hydrogen) atoms. The number of rotatable bonds is 3. The first-order valence-electron chi connectivity index (χ1n) is 7.61. The van der Waals surface area contributed by atoms with E-state index in [1.54, 1.807) is 11.0 Å². The van der Waals surface area contributed by atoms with Crippen LogP contribution in [0.25, 0.3) is 0 Å². The maximum Gasteiger partial charge on any atom is 0.258 e. The molecule has 2 bridgehead atoms. The van der Waals surface area contributed by atoms with Crippen LogP contribution >= 0.6 is 11.6 Å². The fourth-order valence-electron chi connectivity index (χ4n) is 3.70. The van der Waals surface area contributed by atoms with Crippen LogP contribution in [-0.2, 0) is 0 Å². The van der Waals surface area contributed by atoms with Gasteiger partial charge in [-0.3, -0.25) is 4.79 Å². The van der Waals surface area contributed by atoms with Gasteiger partial charge in [-0.05, 0) is 44.7 Å². The van der Waals surface area contributed by atoms with Gasteiger partial charge in [0.1, 0.15) is 5.82 Å². The van der Waals surface area contributed by atoms with E-state index in [4.69, 9.17) is 11.6 Å². The second kappa shape index (κ2) is 5.93. The third kappa shape index (κ3) is 2.79. The van der Waals surface area contributed by atoms with E-state index >= 15 is 0 Å². The Morgan fingerprint density at radius 2 is 2.05 bits per heavy atom. The number of halogens is 2. The fraction of sp³-hybridized carbons (Fsp3) is 0.562. The van der Waals surface area contributed by atoms with Gasteiger partial charge < -0.3 is 10.2 Å². The number of nitrogens with one attached hydrogen (secondary N) is 1. The predicted octanol–water partition coefficient (Wildman–Crippen LogP) is 3.22. The zero-order valence-corrected chi connectivity index (χ0v) is 12.9. The third-order valence-electron chi connectivity index (χ3n) is 4.67. The van der Waals surface area contributed by atoms with Crippen LogP contribution in [0.4, 0.5) is 4.39 Å². The zero-order valence-electron chi connectivity index (χ0n) is 12.1. The molecule has 2 fully saturated rings. The van der Waals surface area contributed by atoms with E-state index in [0.717, 1.165) is 12.8 Å². The average molecular weight is 311 g/mol. The van der Waals surface area contributed by atoms with Crippen LogP contribution in [-0.4, -0.2) is 35.5 Å². The van der Waals surface area contributed by atoms with Crippen molar-refractivity contribution in [2.75, 3.05) is 6.54 Å². The number of carbonyl (C=O) groups excluding carboxylic acids is 1. The van der Waals surface area contributed by atoms with Gasteiger partial charge in [-0.2, -0.15) is 0 Å². The van der Waals surface area contributed by atoms with Crippen molar-refractivity contribution in [2.24, 2.45) is 0 Å². The van der Waals surface area contributed by atoms with E-state index in [9.17, 15) is 9.18 Å². The van der Waals surface area contributed by atoms with Crippen LogP contribution in [0.2, 0.25) is 5.02 Å². The summed E-state index contributed by atoms with van der Waals surface area (Å²) in [7, 11) is 0. The van der Waals surface area contributed by atoms with E-state index < -0.39 is 5.82 Å². The highest BCUT2D eigenvalue weighted by molar-refractivity contribution is 6.33. The Labute approximate surface area is 129 Å². The molecule has 1 aromatic rings. The van der Waals surface area contributed by atoms with Crippen LogP contribution in [0.3, 0.4) is 0 Å². The Balaban J connectivity index is 1.84. The molecule has 0 aliphatic carbocycles. The van der Waals surface area contributed by atoms with Gasteiger partial charge in [0.15, 0.2) is 0 Å². The number of piperidine rings is 1. The zero-order chi connectivity index (χ0) is 15.0. The molecule has 3 rings (SSSR count). The highest BCUT2D eigenvalue weighted by Crippen LogP contribution is 2.31. The minimum atomic E-state index is -0.539. The summed E-state index contributed by atoms with van der Waals surface area (Å²) in [6.07, 6.45) is 4.24. The molecule has 0 saturated carbocycles. The minimum absolute atomic E-state index is 0.00639. The Hall–Kier alpha value is -1.13. The second-order valence-corrected chi connectivity index (χ2v) is 6.36. The lowest BCUT2D eigenvalue weighted by Gasteiger charge is -2.37. The molecule has 1 amide bonds. The third-order valence-corrected chi connectivity index (χ3v) is 4.98. The maximum atomic E-state index is 14.0. The molecule has 3 nitrogen and oxygen atoms in total. The quantitative estimate of drug-likeness (QED) is 0.929. The fourth-order valence-corrected chi connectivity index (χ4v) is 3.94. The van der Waals surface area contributed by atoms with Gasteiger partial charge in [0.05, 0.1) is 10.6 Å². The maximum absolute atomic E-state index is 14.0. The molecule has 5 heteroatoms. The van der Waals surface area contributed by atoms with Crippen LogP contribution < -0.4 is 5.32 Å². The van der Waals surface area contributed by atoms with Gasteiger partial charge in [0.25, 0.3) is 5.91 Å². The Kier molecular flexibility index (Phi) is 4.18. The van der Waals surface area contributed by atoms with Crippen molar-refractivity contribution < 1.29 is 9.18 Å². The molecule has 2 aliphatic rings. The lowest BCUT2D eigenvalue weighted by atomic mass is 9.97. The van der Waals surface area contributed by atoms with E-state index in [1.807, 2.05) is 6.92 Å². The Morgan fingerprint density at radius 1 is 1.38 bits per heavy atom. The molecule has 1 N–H and O–H groups in total. The van der Waals surface area contributed by atoms with Crippen LogP contribution in [0.15, 0.2) is 18.2 Å². The average Bonchev–Trinajstić information content (AvgIpc) is 2.78. The summed E-state index contributed by atoms with van der Waals surface area (Å²) in [6, 6.07) is 5.54. The largest absolute Gasteiger partial charge is 0.336 e. The first-order chi connectivity index (χ1) is 10.1. The van der Waals surface area contributed by atoms with E-state index in [1.165, 1.54) is 25.0 Å². The van der Waals surface area contributed by atoms with Crippen LogP contribution in [0.1, 0.15) is 43.0 Å². The lowest BCUT2D eigenvalue weighted by molar-refractivity contribution is 0.0626. The first kappa shape index (κ1) is 14.8. The van der Waals surface area contributed by atoms with Crippen LogP contribution in [0, 0.1) is 5.82 Å². The van der Waals surface area contributed by atoms with Crippen molar-refractivity contribution >= 4 is 17.5 Å². The van der Waals surface area contributed by atoms with E-state index in [2.05, 4.69) is 5.32 Å². The number of amides is 1. The standard InChI is InChI=1S/C16H20ClFN2O/c1-2-20(12-8-10-6-7-11(9-12)19-10)16(21)15-13(17)4-3-5-14(15)18/h3-5,10-12,19H,2,6-9H2,1H3. The molecule has 1 aromatic carbocycles. The SMILES string of the molecule is CCN(C(=O)c1c(F)cccc1Cl)C1CC2CCC(C1)N2. The minimum Gasteiger partial charge on any atom is -0.336 e. The first-order valence-corrected chi connectivity index (χ1v) is 7.99. The van der Waals surface area contributed by atoms with Gasteiger partial charge in [0.2, 0.25) is 0 Å². The number of fused-ring (bicyclic) bond motifs is 2. The molecule has 2 unspecified atom stereocenters. The van der Waals surface area contributed by atoms with Crippen molar-refractivity contribution in [1.82, 2.24) is 10.2 Å². The topological polar surface area (TPSA) is 32.3 Å². The molecule has 2 heterocycles. The molecule has 2 aliphatic heterocycles. The van der Waals surface area contributed by atoms with E-state index in [-0.39, 0.29) is 22.5 Å². The normalized spacial score (nSPS) is 27.7. The summed E-state index contributed by atoms with van der Waals surface area (Å²) in [4.78, 5) is 14.5. The molecule has 0 spiro atoms. The predicted molar refractivity (Wildman–Crippen MR) is 81.1 cm³/mol. The highest BCUT2D eigenvalue weighted by Gasteiger charge is 2.38. The number of carbonyl (C=O) groups is 1. The summed E-state index contributed by atoms with van der Waals surface area (Å²) in [5, 5.41) is 3.75. The molecule has 2 saturated heterocycles. The van der Waals surface area contributed by atoms with Gasteiger partial charge in [-0.15, -0.1) is 0 Å². The van der Waals surface area contributed by atoms with Gasteiger partial charge >= 0.3 is 0 Å². The van der Waals surface area contributed by atoms with Crippen molar-refractivity contribution in [1.29, 1.82) is 0 Å². The highest BCUT2D eigenvalue weighted by atomic mass is 35.5. The summed E-state index contributed by atoms with van der Waals surface area (Å²) >= 11 is 6.03. The summed E-state index contributed by atoms with van der Waals surface area (Å²) < 4.78 is 14.0. The Morgan fingerprint density at radius 3 is 2.62 bits per heavy atom. The monoisotopic (exact) mass is 310 g/mol. The summed E-state index contributed by atoms with van der Waals surface area (Å²) in [5.41, 5.74) is 0.00639. The van der Waals surface area contributed by atoms with Crippen molar-refractivity contribution in [2.45, 2.75) is 50.7 Å². The molecule has 0 radical (unpaired) electrons. The molecule has 0 aromatic heterocycles. The number of hydrogen-bond donors (Lipinski definition) is 1. The number of hydrogen-bond acceptors (Lipinski definition) is 2. The Bertz CT molecular complexity index is 519. The summed E-state index contributed by atoms with van der Waals surface area (Å²) in [6.45, 7) is 2.52. The van der Waals surface area contributed by atoms with Gasteiger partial charge in [-0.25, -0.2) is 4.39 Å². The summed E-state index contributed by atoms with van der Waals surface area (Å²) in [5.74, 6) is -0.824. The van der Waals surface area contributed by atoms with Crippen molar-refractivity contribution in [3.63, 3.8) is 0 Å². The number of nitrogens with zero attached hydrogens (tertiary/aromatic N) is 1. The molecular formula is C16H20ClFN2O. The molecular weight excluding hydrogens is 291 g/mol. The number of benzene rings is 1. The molecule has 114 valence electrons. The molecule has 2 atom stereocenters. The van der Waals surface area contributed by atoms with Crippen molar-refractivity contribution in [3.8, 4) is 0 Å².